The van der Waals surface area contributed by atoms with Gasteiger partial charge in [0.05, 0.1) is 0 Å². The van der Waals surface area contributed by atoms with E-state index in [0.717, 1.165) is 24.7 Å². The lowest BCUT2D eigenvalue weighted by Gasteiger charge is -2.31. The summed E-state index contributed by atoms with van der Waals surface area (Å²) in [6.45, 7) is 4.99. The molecule has 1 N–H and O–H groups in total. The van der Waals surface area contributed by atoms with Crippen LogP contribution in [0.1, 0.15) is 49.7 Å². The van der Waals surface area contributed by atoms with Crippen LogP contribution in [0.25, 0.3) is 0 Å². The summed E-state index contributed by atoms with van der Waals surface area (Å²) in [7, 11) is 2.26. The van der Waals surface area contributed by atoms with Gasteiger partial charge in [0.25, 0.3) is 0 Å². The SMILES string of the molecule is Cc1cc(F)ccc1CNCCCN(C)C1CCCCC1. The highest BCUT2D eigenvalue weighted by Crippen LogP contribution is 2.21. The maximum Gasteiger partial charge on any atom is 0.123 e. The molecule has 2 rings (SSSR count). The summed E-state index contributed by atoms with van der Waals surface area (Å²) in [6, 6.07) is 5.83. The number of rotatable bonds is 7. The van der Waals surface area contributed by atoms with Gasteiger partial charge in [0.15, 0.2) is 0 Å². The summed E-state index contributed by atoms with van der Waals surface area (Å²) < 4.78 is 13.0. The zero-order valence-corrected chi connectivity index (χ0v) is 13.5. The monoisotopic (exact) mass is 292 g/mol. The standard InChI is InChI=1S/C18H29FN2/c1-15-13-17(19)10-9-16(15)14-20-11-6-12-21(2)18-7-4-3-5-8-18/h9-10,13,18,20H,3-8,11-12,14H2,1-2H3. The molecule has 1 aromatic carbocycles. The van der Waals surface area contributed by atoms with Crippen molar-refractivity contribution in [1.29, 1.82) is 0 Å². The predicted molar refractivity (Wildman–Crippen MR) is 87.0 cm³/mol. The van der Waals surface area contributed by atoms with Gasteiger partial charge in [-0.05, 0) is 69.6 Å². The predicted octanol–water partition coefficient (Wildman–Crippen LogP) is 3.88. The molecule has 0 atom stereocenters. The Morgan fingerprint density at radius 1 is 1.24 bits per heavy atom. The van der Waals surface area contributed by atoms with E-state index >= 15 is 0 Å². The van der Waals surface area contributed by atoms with Crippen LogP contribution in [-0.2, 0) is 6.54 Å². The summed E-state index contributed by atoms with van der Waals surface area (Å²) in [4.78, 5) is 2.53. The zero-order valence-electron chi connectivity index (χ0n) is 13.5. The average Bonchev–Trinajstić information content (AvgIpc) is 2.49. The van der Waals surface area contributed by atoms with Gasteiger partial charge < -0.3 is 10.2 Å². The van der Waals surface area contributed by atoms with Crippen molar-refractivity contribution < 1.29 is 4.39 Å². The molecule has 0 saturated heterocycles. The Kier molecular flexibility index (Phi) is 6.65. The molecule has 118 valence electrons. The normalized spacial score (nSPS) is 16.6. The van der Waals surface area contributed by atoms with E-state index in [0.29, 0.717) is 0 Å². The molecule has 0 amide bonds. The Labute approximate surface area is 128 Å². The third kappa shape index (κ3) is 5.40. The van der Waals surface area contributed by atoms with E-state index in [9.17, 15) is 4.39 Å². The van der Waals surface area contributed by atoms with Crippen LogP contribution in [0.2, 0.25) is 0 Å². The second kappa shape index (κ2) is 8.50. The molecule has 1 aliphatic rings. The molecule has 0 heterocycles. The quantitative estimate of drug-likeness (QED) is 0.767. The Hall–Kier alpha value is -0.930. The van der Waals surface area contributed by atoms with Crippen LogP contribution in [0.3, 0.4) is 0 Å². The van der Waals surface area contributed by atoms with E-state index in [1.54, 1.807) is 12.1 Å². The first-order valence-electron chi connectivity index (χ1n) is 8.33. The smallest absolute Gasteiger partial charge is 0.123 e. The van der Waals surface area contributed by atoms with E-state index in [2.05, 4.69) is 17.3 Å². The van der Waals surface area contributed by atoms with Crippen molar-refractivity contribution >= 4 is 0 Å². The lowest BCUT2D eigenvalue weighted by atomic mass is 9.94. The molecule has 3 heteroatoms. The van der Waals surface area contributed by atoms with Crippen LogP contribution >= 0.6 is 0 Å². The molecule has 0 radical (unpaired) electrons. The fraction of sp³-hybridized carbons (Fsp3) is 0.667. The number of benzene rings is 1. The number of hydrogen-bond acceptors (Lipinski definition) is 2. The minimum absolute atomic E-state index is 0.148. The molecule has 0 aromatic heterocycles. The number of aryl methyl sites for hydroxylation is 1. The Morgan fingerprint density at radius 3 is 2.71 bits per heavy atom. The van der Waals surface area contributed by atoms with Gasteiger partial charge >= 0.3 is 0 Å². The molecule has 1 fully saturated rings. The second-order valence-corrected chi connectivity index (χ2v) is 6.37. The molecule has 1 saturated carbocycles. The van der Waals surface area contributed by atoms with Gasteiger partial charge in [0, 0.05) is 12.6 Å². The average molecular weight is 292 g/mol. The van der Waals surface area contributed by atoms with Gasteiger partial charge in [-0.3, -0.25) is 0 Å². The molecule has 0 unspecified atom stereocenters. The Bertz CT molecular complexity index is 427. The van der Waals surface area contributed by atoms with Crippen molar-refractivity contribution in [3.05, 3.63) is 35.1 Å². The molecule has 0 aliphatic heterocycles. The highest BCUT2D eigenvalue weighted by molar-refractivity contribution is 5.26. The van der Waals surface area contributed by atoms with Crippen molar-refractivity contribution in [3.63, 3.8) is 0 Å². The van der Waals surface area contributed by atoms with E-state index in [-0.39, 0.29) is 5.82 Å². The lowest BCUT2D eigenvalue weighted by Crippen LogP contribution is -2.35. The van der Waals surface area contributed by atoms with Crippen LogP contribution in [0.4, 0.5) is 4.39 Å². The summed E-state index contributed by atoms with van der Waals surface area (Å²) in [5, 5.41) is 3.47. The Balaban J connectivity index is 1.61. The van der Waals surface area contributed by atoms with Gasteiger partial charge in [0.2, 0.25) is 0 Å². The van der Waals surface area contributed by atoms with E-state index < -0.39 is 0 Å². The van der Waals surface area contributed by atoms with Crippen LogP contribution in [0.5, 0.6) is 0 Å². The van der Waals surface area contributed by atoms with Crippen LogP contribution in [0, 0.1) is 12.7 Å². The minimum Gasteiger partial charge on any atom is -0.313 e. The van der Waals surface area contributed by atoms with Gasteiger partial charge in [-0.15, -0.1) is 0 Å². The molecule has 21 heavy (non-hydrogen) atoms. The third-order valence-corrected chi connectivity index (χ3v) is 4.68. The van der Waals surface area contributed by atoms with Crippen molar-refractivity contribution in [2.75, 3.05) is 20.1 Å². The largest absolute Gasteiger partial charge is 0.313 e. The number of halogens is 1. The van der Waals surface area contributed by atoms with E-state index in [1.165, 1.54) is 50.6 Å². The molecule has 1 aliphatic carbocycles. The van der Waals surface area contributed by atoms with Gasteiger partial charge in [-0.2, -0.15) is 0 Å². The minimum atomic E-state index is -0.148. The molecular weight excluding hydrogens is 263 g/mol. The zero-order chi connectivity index (χ0) is 15.1. The number of nitrogens with zero attached hydrogens (tertiary/aromatic N) is 1. The highest BCUT2D eigenvalue weighted by atomic mass is 19.1. The molecule has 0 bridgehead atoms. The van der Waals surface area contributed by atoms with Crippen molar-refractivity contribution in [2.24, 2.45) is 0 Å². The summed E-state index contributed by atoms with van der Waals surface area (Å²) in [5.74, 6) is -0.148. The molecular formula is C18H29FN2. The van der Waals surface area contributed by atoms with Gasteiger partial charge in [-0.1, -0.05) is 25.3 Å². The topological polar surface area (TPSA) is 15.3 Å². The van der Waals surface area contributed by atoms with Crippen LogP contribution in [-0.4, -0.2) is 31.1 Å². The fourth-order valence-corrected chi connectivity index (χ4v) is 3.24. The van der Waals surface area contributed by atoms with Crippen molar-refractivity contribution in [2.45, 2.75) is 58.0 Å². The van der Waals surface area contributed by atoms with Gasteiger partial charge in [-0.25, -0.2) is 4.39 Å². The first-order chi connectivity index (χ1) is 10.2. The molecule has 1 aromatic rings. The summed E-state index contributed by atoms with van der Waals surface area (Å²) >= 11 is 0. The third-order valence-electron chi connectivity index (χ3n) is 4.68. The molecule has 2 nitrogen and oxygen atoms in total. The van der Waals surface area contributed by atoms with Crippen molar-refractivity contribution in [3.8, 4) is 0 Å². The Morgan fingerprint density at radius 2 is 2.00 bits per heavy atom. The van der Waals surface area contributed by atoms with E-state index in [1.807, 2.05) is 13.0 Å². The molecule has 0 spiro atoms. The maximum absolute atomic E-state index is 13.0. The fourth-order valence-electron chi connectivity index (χ4n) is 3.24. The first-order valence-corrected chi connectivity index (χ1v) is 8.33. The van der Waals surface area contributed by atoms with E-state index in [4.69, 9.17) is 0 Å². The van der Waals surface area contributed by atoms with Crippen LogP contribution in [0.15, 0.2) is 18.2 Å². The van der Waals surface area contributed by atoms with Crippen LogP contribution < -0.4 is 5.32 Å². The maximum atomic E-state index is 13.0. The lowest BCUT2D eigenvalue weighted by molar-refractivity contribution is 0.189. The summed E-state index contributed by atoms with van der Waals surface area (Å²) in [6.07, 6.45) is 8.14. The first kappa shape index (κ1) is 16.4. The second-order valence-electron chi connectivity index (χ2n) is 6.37. The number of nitrogens with one attached hydrogen (secondary N) is 1. The van der Waals surface area contributed by atoms with Gasteiger partial charge in [0.1, 0.15) is 5.82 Å². The highest BCUT2D eigenvalue weighted by Gasteiger charge is 2.17. The van der Waals surface area contributed by atoms with Crippen molar-refractivity contribution in [1.82, 2.24) is 10.2 Å². The summed E-state index contributed by atoms with van der Waals surface area (Å²) in [5.41, 5.74) is 2.22. The number of hydrogen-bond donors (Lipinski definition) is 1.